The van der Waals surface area contributed by atoms with Gasteiger partial charge in [0.25, 0.3) is 0 Å². The third kappa shape index (κ3) is 2.19. The minimum absolute atomic E-state index is 0.00813. The normalized spacial score (nSPS) is 18.5. The summed E-state index contributed by atoms with van der Waals surface area (Å²) in [6, 6.07) is 9.04. The van der Waals surface area contributed by atoms with Crippen molar-refractivity contribution in [1.29, 1.82) is 0 Å². The molecular weight excluding hydrogens is 253 g/mol. The van der Waals surface area contributed by atoms with E-state index in [1.165, 1.54) is 6.07 Å². The number of aromatic nitrogens is 2. The summed E-state index contributed by atoms with van der Waals surface area (Å²) in [5, 5.41) is 8.06. The van der Waals surface area contributed by atoms with E-state index in [1.807, 2.05) is 16.8 Å². The summed E-state index contributed by atoms with van der Waals surface area (Å²) in [4.78, 5) is 0. The molecule has 106 valence electrons. The van der Waals surface area contributed by atoms with Crippen molar-refractivity contribution in [2.75, 3.05) is 11.9 Å². The van der Waals surface area contributed by atoms with Crippen molar-refractivity contribution in [2.24, 2.45) is 0 Å². The van der Waals surface area contributed by atoms with Crippen LogP contribution in [0.15, 0.2) is 30.3 Å². The van der Waals surface area contributed by atoms with Crippen molar-refractivity contribution in [2.45, 2.75) is 38.6 Å². The number of nitrogens with one attached hydrogen (secondary N) is 1. The quantitative estimate of drug-likeness (QED) is 0.858. The summed E-state index contributed by atoms with van der Waals surface area (Å²) in [6.07, 6.45) is 0.846. The van der Waals surface area contributed by atoms with Crippen molar-refractivity contribution in [1.82, 2.24) is 9.78 Å². The van der Waals surface area contributed by atoms with Crippen LogP contribution in [0.5, 0.6) is 0 Å². The van der Waals surface area contributed by atoms with Crippen molar-refractivity contribution in [3.63, 3.8) is 0 Å². The number of hydrogen-bond donors (Lipinski definition) is 1. The van der Waals surface area contributed by atoms with E-state index in [0.29, 0.717) is 0 Å². The molecule has 4 heteroatoms. The third-order valence-corrected chi connectivity index (χ3v) is 3.79. The SMILES string of the molecule is CC(C)(C)c1cc2n(n1)C(c1ccccc1F)CCN2. The van der Waals surface area contributed by atoms with E-state index in [1.54, 1.807) is 6.07 Å². The number of rotatable bonds is 1. The highest BCUT2D eigenvalue weighted by Gasteiger charge is 2.28. The number of hydrogen-bond acceptors (Lipinski definition) is 2. The van der Waals surface area contributed by atoms with Crippen LogP contribution in [0.4, 0.5) is 10.2 Å². The van der Waals surface area contributed by atoms with Gasteiger partial charge in [-0.15, -0.1) is 0 Å². The predicted molar refractivity (Wildman–Crippen MR) is 78.6 cm³/mol. The second-order valence-corrected chi connectivity index (χ2v) is 6.36. The van der Waals surface area contributed by atoms with Gasteiger partial charge in [0.15, 0.2) is 0 Å². The summed E-state index contributed by atoms with van der Waals surface area (Å²) >= 11 is 0. The van der Waals surface area contributed by atoms with Gasteiger partial charge >= 0.3 is 0 Å². The van der Waals surface area contributed by atoms with Crippen molar-refractivity contribution < 1.29 is 4.39 Å². The van der Waals surface area contributed by atoms with Gasteiger partial charge in [0.2, 0.25) is 0 Å². The maximum atomic E-state index is 14.0. The Labute approximate surface area is 118 Å². The molecule has 0 amide bonds. The van der Waals surface area contributed by atoms with E-state index in [9.17, 15) is 4.39 Å². The van der Waals surface area contributed by atoms with Gasteiger partial charge in [-0.25, -0.2) is 9.07 Å². The molecule has 3 nitrogen and oxygen atoms in total. The molecule has 0 bridgehead atoms. The molecule has 1 aliphatic heterocycles. The first-order chi connectivity index (χ1) is 9.47. The van der Waals surface area contributed by atoms with E-state index in [0.717, 1.165) is 30.0 Å². The second kappa shape index (κ2) is 4.62. The molecule has 2 aromatic rings. The van der Waals surface area contributed by atoms with Gasteiger partial charge in [-0.05, 0) is 12.5 Å². The fourth-order valence-corrected chi connectivity index (χ4v) is 2.62. The van der Waals surface area contributed by atoms with Crippen LogP contribution in [-0.2, 0) is 5.41 Å². The van der Waals surface area contributed by atoms with Crippen molar-refractivity contribution in [3.05, 3.63) is 47.4 Å². The molecule has 1 unspecified atom stereocenters. The molecule has 0 spiro atoms. The van der Waals surface area contributed by atoms with Gasteiger partial charge in [-0.2, -0.15) is 5.10 Å². The minimum Gasteiger partial charge on any atom is -0.370 e. The average molecular weight is 273 g/mol. The Kier molecular flexibility index (Phi) is 3.04. The van der Waals surface area contributed by atoms with E-state index >= 15 is 0 Å². The standard InChI is InChI=1S/C16H20FN3/c1-16(2,3)14-10-15-18-9-8-13(20(15)19-14)11-6-4-5-7-12(11)17/h4-7,10,13,18H,8-9H2,1-3H3. The lowest BCUT2D eigenvalue weighted by Crippen LogP contribution is -2.25. The van der Waals surface area contributed by atoms with Gasteiger partial charge in [-0.3, -0.25) is 0 Å². The number of halogens is 1. The number of nitrogens with zero attached hydrogens (tertiary/aromatic N) is 2. The molecule has 20 heavy (non-hydrogen) atoms. The lowest BCUT2D eigenvalue weighted by molar-refractivity contribution is 0.445. The maximum absolute atomic E-state index is 14.0. The maximum Gasteiger partial charge on any atom is 0.128 e. The van der Waals surface area contributed by atoms with Crippen molar-refractivity contribution in [3.8, 4) is 0 Å². The molecule has 1 atom stereocenters. The zero-order chi connectivity index (χ0) is 14.3. The van der Waals surface area contributed by atoms with Crippen LogP contribution in [-0.4, -0.2) is 16.3 Å². The monoisotopic (exact) mass is 273 g/mol. The summed E-state index contributed by atoms with van der Waals surface area (Å²) in [5.74, 6) is 0.826. The van der Waals surface area contributed by atoms with Gasteiger partial charge in [0, 0.05) is 23.6 Å². The van der Waals surface area contributed by atoms with Gasteiger partial charge < -0.3 is 5.32 Å². The molecule has 0 saturated heterocycles. The van der Waals surface area contributed by atoms with Crippen LogP contribution in [0.3, 0.4) is 0 Å². The van der Waals surface area contributed by atoms with E-state index in [4.69, 9.17) is 5.10 Å². The number of benzene rings is 1. The highest BCUT2D eigenvalue weighted by atomic mass is 19.1. The first-order valence-electron chi connectivity index (χ1n) is 7.05. The lowest BCUT2D eigenvalue weighted by atomic mass is 9.92. The Morgan fingerprint density at radius 2 is 2.05 bits per heavy atom. The molecule has 0 saturated carbocycles. The van der Waals surface area contributed by atoms with E-state index < -0.39 is 0 Å². The Morgan fingerprint density at radius 1 is 1.30 bits per heavy atom. The first-order valence-corrected chi connectivity index (χ1v) is 7.05. The second-order valence-electron chi connectivity index (χ2n) is 6.36. The number of anilines is 1. The van der Waals surface area contributed by atoms with Crippen LogP contribution in [0.1, 0.15) is 44.5 Å². The first kappa shape index (κ1) is 13.2. The van der Waals surface area contributed by atoms with E-state index in [-0.39, 0.29) is 17.3 Å². The Balaban J connectivity index is 2.06. The fourth-order valence-electron chi connectivity index (χ4n) is 2.62. The highest BCUT2D eigenvalue weighted by molar-refractivity contribution is 5.43. The zero-order valence-electron chi connectivity index (χ0n) is 12.2. The molecular formula is C16H20FN3. The highest BCUT2D eigenvalue weighted by Crippen LogP contribution is 2.33. The van der Waals surface area contributed by atoms with Gasteiger partial charge in [0.1, 0.15) is 11.6 Å². The summed E-state index contributed by atoms with van der Waals surface area (Å²) in [6.45, 7) is 7.26. The Hall–Kier alpha value is -1.84. The van der Waals surface area contributed by atoms with Gasteiger partial charge in [-0.1, -0.05) is 39.0 Å². The Morgan fingerprint density at radius 3 is 2.75 bits per heavy atom. The van der Waals surface area contributed by atoms with Crippen LogP contribution in [0.2, 0.25) is 0 Å². The molecule has 0 aliphatic carbocycles. The third-order valence-electron chi connectivity index (χ3n) is 3.79. The van der Waals surface area contributed by atoms with Crippen LogP contribution < -0.4 is 5.32 Å². The van der Waals surface area contributed by atoms with Crippen LogP contribution in [0.25, 0.3) is 0 Å². The molecule has 1 aromatic carbocycles. The molecule has 1 N–H and O–H groups in total. The number of fused-ring (bicyclic) bond motifs is 1. The lowest BCUT2D eigenvalue weighted by Gasteiger charge is -2.26. The fraction of sp³-hybridized carbons (Fsp3) is 0.438. The zero-order valence-corrected chi connectivity index (χ0v) is 12.2. The predicted octanol–water partition coefficient (Wildman–Crippen LogP) is 3.72. The minimum atomic E-state index is -0.154. The molecule has 3 rings (SSSR count). The van der Waals surface area contributed by atoms with Crippen molar-refractivity contribution >= 4 is 5.82 Å². The topological polar surface area (TPSA) is 29.9 Å². The van der Waals surface area contributed by atoms with Crippen LogP contribution >= 0.6 is 0 Å². The molecule has 0 radical (unpaired) electrons. The average Bonchev–Trinajstić information content (AvgIpc) is 2.83. The summed E-state index contributed by atoms with van der Waals surface area (Å²) in [7, 11) is 0. The Bertz CT molecular complexity index is 625. The molecule has 1 aliphatic rings. The van der Waals surface area contributed by atoms with Crippen LogP contribution in [0, 0.1) is 5.82 Å². The summed E-state index contributed by atoms with van der Waals surface area (Å²) in [5.41, 5.74) is 1.74. The summed E-state index contributed by atoms with van der Waals surface area (Å²) < 4.78 is 16.0. The van der Waals surface area contributed by atoms with Gasteiger partial charge in [0.05, 0.1) is 11.7 Å². The largest absolute Gasteiger partial charge is 0.370 e. The molecule has 1 aromatic heterocycles. The molecule has 2 heterocycles. The smallest absolute Gasteiger partial charge is 0.128 e. The molecule has 0 fully saturated rings. The van der Waals surface area contributed by atoms with E-state index in [2.05, 4.69) is 32.2 Å².